The van der Waals surface area contributed by atoms with E-state index in [1.165, 1.54) is 0 Å². The lowest BCUT2D eigenvalue weighted by molar-refractivity contribution is -0.139. The highest BCUT2D eigenvalue weighted by atomic mass is 16.2. The number of nitrogens with two attached hydrogens (primary N) is 1. The highest BCUT2D eigenvalue weighted by Gasteiger charge is 2.32. The predicted molar refractivity (Wildman–Crippen MR) is 52.3 cm³/mol. The summed E-state index contributed by atoms with van der Waals surface area (Å²) in [6, 6.07) is 0. The summed E-state index contributed by atoms with van der Waals surface area (Å²) in [5, 5.41) is 5.00. The van der Waals surface area contributed by atoms with Gasteiger partial charge in [-0.05, 0) is 18.3 Å². The molecule has 0 aromatic heterocycles. The topological polar surface area (TPSA) is 84.2 Å². The van der Waals surface area contributed by atoms with Gasteiger partial charge in [-0.25, -0.2) is 0 Å². The van der Waals surface area contributed by atoms with Gasteiger partial charge in [0.25, 0.3) is 0 Å². The fourth-order valence-electron chi connectivity index (χ4n) is 1.25. The largest absolute Gasteiger partial charge is 0.348 e. The van der Waals surface area contributed by atoms with Crippen LogP contribution in [-0.2, 0) is 9.59 Å². The third kappa shape index (κ3) is 3.33. The molecule has 0 saturated heterocycles. The van der Waals surface area contributed by atoms with Crippen LogP contribution in [0, 0.1) is 11.8 Å². The Kier molecular flexibility index (Phi) is 3.88. The first-order valence-corrected chi connectivity index (χ1v) is 4.91. The third-order valence-electron chi connectivity index (χ3n) is 2.44. The highest BCUT2D eigenvalue weighted by Crippen LogP contribution is 2.36. The molecule has 0 aromatic carbocycles. The Bertz CT molecular complexity index is 230. The van der Waals surface area contributed by atoms with Crippen LogP contribution in [0.15, 0.2) is 0 Å². The zero-order valence-corrected chi connectivity index (χ0v) is 8.38. The summed E-state index contributed by atoms with van der Waals surface area (Å²) in [6.07, 6.45) is 1.14. The molecule has 0 heterocycles. The quantitative estimate of drug-likeness (QED) is 0.499. The minimum atomic E-state index is -0.594. The van der Waals surface area contributed by atoms with Crippen molar-refractivity contribution in [3.05, 3.63) is 0 Å². The van der Waals surface area contributed by atoms with Gasteiger partial charge < -0.3 is 16.4 Å². The van der Waals surface area contributed by atoms with Crippen LogP contribution >= 0.6 is 0 Å². The summed E-state index contributed by atoms with van der Waals surface area (Å²) < 4.78 is 0. The van der Waals surface area contributed by atoms with Crippen LogP contribution < -0.4 is 16.4 Å². The maximum Gasteiger partial charge on any atom is 0.309 e. The van der Waals surface area contributed by atoms with Gasteiger partial charge in [-0.15, -0.1) is 0 Å². The maximum absolute atomic E-state index is 11.1. The molecular formula is C9H17N3O2. The van der Waals surface area contributed by atoms with Gasteiger partial charge >= 0.3 is 11.8 Å². The molecule has 0 radical (unpaired) electrons. The number of hydrogen-bond acceptors (Lipinski definition) is 3. The Morgan fingerprint density at radius 3 is 2.43 bits per heavy atom. The van der Waals surface area contributed by atoms with E-state index in [2.05, 4.69) is 17.6 Å². The van der Waals surface area contributed by atoms with Gasteiger partial charge in [-0.1, -0.05) is 6.92 Å². The van der Waals surface area contributed by atoms with Gasteiger partial charge in [-0.3, -0.25) is 9.59 Å². The van der Waals surface area contributed by atoms with E-state index in [1.54, 1.807) is 0 Å². The first kappa shape index (κ1) is 11.0. The van der Waals surface area contributed by atoms with Crippen LogP contribution in [0.2, 0.25) is 0 Å². The van der Waals surface area contributed by atoms with Crippen molar-refractivity contribution in [2.75, 3.05) is 19.6 Å². The summed E-state index contributed by atoms with van der Waals surface area (Å²) in [7, 11) is 0. The van der Waals surface area contributed by atoms with Crippen LogP contribution in [0.5, 0.6) is 0 Å². The molecule has 1 rings (SSSR count). The van der Waals surface area contributed by atoms with Crippen molar-refractivity contribution < 1.29 is 9.59 Å². The molecule has 2 unspecified atom stereocenters. The van der Waals surface area contributed by atoms with Gasteiger partial charge in [0.05, 0.1) is 0 Å². The van der Waals surface area contributed by atoms with Gasteiger partial charge in [0.1, 0.15) is 0 Å². The number of hydrogen-bond donors (Lipinski definition) is 3. The minimum Gasteiger partial charge on any atom is -0.348 e. The number of rotatable bonds is 4. The fraction of sp³-hybridized carbons (Fsp3) is 0.778. The average Bonchev–Trinajstić information content (AvgIpc) is 2.87. The Morgan fingerprint density at radius 2 is 1.93 bits per heavy atom. The zero-order valence-electron chi connectivity index (χ0n) is 8.38. The predicted octanol–water partition coefficient (Wildman–Crippen LogP) is -1.17. The molecule has 5 heteroatoms. The van der Waals surface area contributed by atoms with Crippen molar-refractivity contribution in [2.24, 2.45) is 17.6 Å². The SMILES string of the molecule is CC1CC1CNC(=O)C(=O)NCCN. The molecule has 1 saturated carbocycles. The molecule has 0 aliphatic heterocycles. The zero-order chi connectivity index (χ0) is 10.6. The first-order valence-electron chi connectivity index (χ1n) is 4.91. The van der Waals surface area contributed by atoms with E-state index < -0.39 is 11.8 Å². The number of carbonyl (C=O) groups is 2. The van der Waals surface area contributed by atoms with Crippen LogP contribution in [0.25, 0.3) is 0 Å². The van der Waals surface area contributed by atoms with Crippen molar-refractivity contribution in [1.82, 2.24) is 10.6 Å². The Balaban J connectivity index is 2.10. The van der Waals surface area contributed by atoms with Crippen molar-refractivity contribution in [1.29, 1.82) is 0 Å². The molecule has 80 valence electrons. The van der Waals surface area contributed by atoms with Crippen LogP contribution in [0.1, 0.15) is 13.3 Å². The number of carbonyl (C=O) groups excluding carboxylic acids is 2. The summed E-state index contributed by atoms with van der Waals surface area (Å²) in [4.78, 5) is 22.2. The lowest BCUT2D eigenvalue weighted by Crippen LogP contribution is -2.42. The Labute approximate surface area is 83.4 Å². The normalized spacial score (nSPS) is 24.1. The Hall–Kier alpha value is -1.10. The van der Waals surface area contributed by atoms with E-state index in [9.17, 15) is 9.59 Å². The van der Waals surface area contributed by atoms with Crippen LogP contribution in [0.3, 0.4) is 0 Å². The van der Waals surface area contributed by atoms with Crippen molar-refractivity contribution in [2.45, 2.75) is 13.3 Å². The molecule has 4 N–H and O–H groups in total. The molecule has 5 nitrogen and oxygen atoms in total. The number of amides is 2. The molecule has 14 heavy (non-hydrogen) atoms. The van der Waals surface area contributed by atoms with E-state index in [0.717, 1.165) is 6.42 Å². The molecular weight excluding hydrogens is 182 g/mol. The van der Waals surface area contributed by atoms with Gasteiger partial charge in [0, 0.05) is 19.6 Å². The summed E-state index contributed by atoms with van der Waals surface area (Å²) >= 11 is 0. The Morgan fingerprint density at radius 1 is 1.36 bits per heavy atom. The second-order valence-electron chi connectivity index (χ2n) is 3.73. The molecule has 0 spiro atoms. The van der Waals surface area contributed by atoms with Gasteiger partial charge in [0.15, 0.2) is 0 Å². The molecule has 1 aliphatic carbocycles. The van der Waals surface area contributed by atoms with Crippen LogP contribution in [0.4, 0.5) is 0 Å². The van der Waals surface area contributed by atoms with E-state index in [4.69, 9.17) is 5.73 Å². The van der Waals surface area contributed by atoms with E-state index in [1.807, 2.05) is 0 Å². The molecule has 0 bridgehead atoms. The van der Waals surface area contributed by atoms with E-state index in [0.29, 0.717) is 31.5 Å². The molecule has 1 aliphatic rings. The van der Waals surface area contributed by atoms with Crippen LogP contribution in [-0.4, -0.2) is 31.4 Å². The van der Waals surface area contributed by atoms with Crippen molar-refractivity contribution in [3.8, 4) is 0 Å². The molecule has 0 aromatic rings. The fourth-order valence-corrected chi connectivity index (χ4v) is 1.25. The van der Waals surface area contributed by atoms with Gasteiger partial charge in [0.2, 0.25) is 0 Å². The molecule has 2 amide bonds. The molecule has 2 atom stereocenters. The first-order chi connectivity index (χ1) is 6.65. The van der Waals surface area contributed by atoms with E-state index in [-0.39, 0.29) is 0 Å². The minimum absolute atomic E-state index is 0.339. The summed E-state index contributed by atoms with van der Waals surface area (Å²) in [5.41, 5.74) is 5.18. The second-order valence-corrected chi connectivity index (χ2v) is 3.73. The lowest BCUT2D eigenvalue weighted by atomic mass is 10.3. The second kappa shape index (κ2) is 4.95. The maximum atomic E-state index is 11.1. The standard InChI is InChI=1S/C9H17N3O2/c1-6-4-7(6)5-12-9(14)8(13)11-3-2-10/h6-7H,2-5,10H2,1H3,(H,11,13)(H,12,14). The third-order valence-corrected chi connectivity index (χ3v) is 2.44. The van der Waals surface area contributed by atoms with E-state index >= 15 is 0 Å². The summed E-state index contributed by atoms with van der Waals surface area (Å²) in [5.74, 6) is 0.0879. The van der Waals surface area contributed by atoms with Crippen molar-refractivity contribution >= 4 is 11.8 Å². The monoisotopic (exact) mass is 199 g/mol. The number of nitrogens with one attached hydrogen (secondary N) is 2. The van der Waals surface area contributed by atoms with Crippen molar-refractivity contribution in [3.63, 3.8) is 0 Å². The van der Waals surface area contributed by atoms with Gasteiger partial charge in [-0.2, -0.15) is 0 Å². The molecule has 1 fully saturated rings. The lowest BCUT2D eigenvalue weighted by Gasteiger charge is -2.04. The average molecular weight is 199 g/mol. The summed E-state index contributed by atoms with van der Waals surface area (Å²) in [6.45, 7) is 3.42. The highest BCUT2D eigenvalue weighted by molar-refractivity contribution is 6.35. The smallest absolute Gasteiger partial charge is 0.309 e.